The molecule has 0 aliphatic heterocycles. The standard InChI is InChI=1S/C60H39NS/c1-3-19-41(20-4-1)58-51-29-10-9-28-49(51)50-37-36-44(39-53(50)59(58)42-21-5-2-6-22-42)48-27-11-13-32-54(48)61(55-33-17-35-57-60(55)52-30-12-14-34-56(52)62-57)45-25-15-24-43(38-45)47-31-16-23-40-18-7-8-26-46(40)47/h1-39H. The van der Waals surface area contributed by atoms with Gasteiger partial charge in [0.2, 0.25) is 0 Å². The SMILES string of the molecule is c1ccc(-c2c(-c3ccccc3)c3cc(-c4ccccc4N(c4cccc(-c5cccc6ccccc56)c4)c4cccc5sc6ccccc6c45)ccc3c3ccccc23)cc1. The first-order chi connectivity index (χ1) is 30.8. The molecule has 0 aliphatic carbocycles. The molecule has 2 heteroatoms. The maximum Gasteiger partial charge on any atom is 0.0555 e. The highest BCUT2D eigenvalue weighted by Crippen LogP contribution is 2.50. The van der Waals surface area contributed by atoms with Gasteiger partial charge in [-0.1, -0.05) is 194 Å². The predicted molar refractivity (Wildman–Crippen MR) is 268 cm³/mol. The average molecular weight is 806 g/mol. The van der Waals surface area contributed by atoms with Gasteiger partial charge in [0, 0.05) is 31.4 Å². The third kappa shape index (κ3) is 5.99. The van der Waals surface area contributed by atoms with Crippen LogP contribution in [-0.2, 0) is 0 Å². The van der Waals surface area contributed by atoms with Crippen LogP contribution in [0.15, 0.2) is 237 Å². The summed E-state index contributed by atoms with van der Waals surface area (Å²) >= 11 is 1.86. The lowest BCUT2D eigenvalue weighted by Gasteiger charge is -2.29. The summed E-state index contributed by atoms with van der Waals surface area (Å²) in [6.07, 6.45) is 0. The molecule has 0 amide bonds. The number of para-hydroxylation sites is 1. The van der Waals surface area contributed by atoms with E-state index in [1.807, 2.05) is 11.3 Å². The lowest BCUT2D eigenvalue weighted by molar-refractivity contribution is 1.30. The summed E-state index contributed by atoms with van der Waals surface area (Å²) in [6, 6.07) is 86.9. The molecule has 12 rings (SSSR count). The van der Waals surface area contributed by atoms with Crippen LogP contribution in [0.3, 0.4) is 0 Å². The van der Waals surface area contributed by atoms with Crippen molar-refractivity contribution in [2.24, 2.45) is 0 Å². The second-order valence-corrected chi connectivity index (χ2v) is 17.0. The van der Waals surface area contributed by atoms with E-state index in [-0.39, 0.29) is 0 Å². The van der Waals surface area contributed by atoms with Gasteiger partial charge in [-0.05, 0) is 114 Å². The molecule has 0 aliphatic rings. The molecule has 62 heavy (non-hydrogen) atoms. The van der Waals surface area contributed by atoms with Crippen LogP contribution in [0, 0.1) is 0 Å². The Morgan fingerprint density at radius 3 is 1.65 bits per heavy atom. The molecule has 0 saturated carbocycles. The van der Waals surface area contributed by atoms with E-state index in [2.05, 4.69) is 241 Å². The van der Waals surface area contributed by atoms with Crippen molar-refractivity contribution >= 4 is 80.9 Å². The van der Waals surface area contributed by atoms with Gasteiger partial charge in [0.15, 0.2) is 0 Å². The third-order valence-corrected chi connectivity index (χ3v) is 13.6. The maximum absolute atomic E-state index is 2.50. The number of hydrogen-bond donors (Lipinski definition) is 0. The summed E-state index contributed by atoms with van der Waals surface area (Å²) in [5.74, 6) is 0. The fourth-order valence-electron chi connectivity index (χ4n) is 9.72. The van der Waals surface area contributed by atoms with Crippen molar-refractivity contribution in [1.29, 1.82) is 0 Å². The maximum atomic E-state index is 2.50. The number of hydrogen-bond acceptors (Lipinski definition) is 2. The smallest absolute Gasteiger partial charge is 0.0555 e. The zero-order valence-electron chi connectivity index (χ0n) is 33.9. The van der Waals surface area contributed by atoms with Crippen molar-refractivity contribution in [3.8, 4) is 44.5 Å². The molecule has 0 radical (unpaired) electrons. The minimum atomic E-state index is 1.11. The predicted octanol–water partition coefficient (Wildman–Crippen LogP) is 17.7. The minimum Gasteiger partial charge on any atom is -0.309 e. The van der Waals surface area contributed by atoms with Crippen LogP contribution in [0.2, 0.25) is 0 Å². The van der Waals surface area contributed by atoms with Gasteiger partial charge in [0.1, 0.15) is 0 Å². The fourth-order valence-corrected chi connectivity index (χ4v) is 10.8. The average Bonchev–Trinajstić information content (AvgIpc) is 3.74. The Hall–Kier alpha value is -7.78. The zero-order chi connectivity index (χ0) is 41.0. The number of anilines is 3. The van der Waals surface area contributed by atoms with Gasteiger partial charge < -0.3 is 4.90 Å². The first-order valence-electron chi connectivity index (χ1n) is 21.3. The van der Waals surface area contributed by atoms with Gasteiger partial charge >= 0.3 is 0 Å². The van der Waals surface area contributed by atoms with Gasteiger partial charge in [0.25, 0.3) is 0 Å². The largest absolute Gasteiger partial charge is 0.309 e. The van der Waals surface area contributed by atoms with Crippen molar-refractivity contribution < 1.29 is 0 Å². The summed E-state index contributed by atoms with van der Waals surface area (Å²) < 4.78 is 2.56. The van der Waals surface area contributed by atoms with E-state index in [9.17, 15) is 0 Å². The van der Waals surface area contributed by atoms with E-state index in [0.29, 0.717) is 0 Å². The summed E-state index contributed by atoms with van der Waals surface area (Å²) in [5, 5.41) is 10.0. The van der Waals surface area contributed by atoms with Gasteiger partial charge in [-0.2, -0.15) is 0 Å². The number of thiophene rings is 1. The Balaban J connectivity index is 1.14. The molecule has 0 spiro atoms. The highest BCUT2D eigenvalue weighted by molar-refractivity contribution is 7.26. The monoisotopic (exact) mass is 805 g/mol. The molecular weight excluding hydrogens is 767 g/mol. The van der Waals surface area contributed by atoms with Gasteiger partial charge in [-0.15, -0.1) is 11.3 Å². The van der Waals surface area contributed by atoms with Gasteiger partial charge in [-0.3, -0.25) is 0 Å². The first-order valence-corrected chi connectivity index (χ1v) is 22.1. The van der Waals surface area contributed by atoms with Gasteiger partial charge in [0.05, 0.1) is 11.4 Å². The molecular formula is C60H39NS. The second kappa shape index (κ2) is 15.0. The number of fused-ring (bicyclic) bond motifs is 7. The van der Waals surface area contributed by atoms with Crippen LogP contribution < -0.4 is 4.90 Å². The molecule has 290 valence electrons. The lowest BCUT2D eigenvalue weighted by Crippen LogP contribution is -2.11. The normalized spacial score (nSPS) is 11.5. The van der Waals surface area contributed by atoms with Crippen molar-refractivity contribution in [3.63, 3.8) is 0 Å². The fraction of sp³-hybridized carbons (Fsp3) is 0. The Bertz CT molecular complexity index is 3630. The molecule has 0 saturated heterocycles. The Morgan fingerprint density at radius 1 is 0.290 bits per heavy atom. The molecule has 1 heterocycles. The molecule has 11 aromatic carbocycles. The Labute approximate surface area is 365 Å². The molecule has 0 unspecified atom stereocenters. The summed E-state index contributed by atoms with van der Waals surface area (Å²) in [5.41, 5.74) is 13.0. The van der Waals surface area contributed by atoms with Crippen molar-refractivity contribution in [2.45, 2.75) is 0 Å². The van der Waals surface area contributed by atoms with E-state index in [4.69, 9.17) is 0 Å². The molecule has 0 N–H and O–H groups in total. The van der Waals surface area contributed by atoms with E-state index < -0.39 is 0 Å². The van der Waals surface area contributed by atoms with E-state index in [1.165, 1.54) is 85.9 Å². The van der Waals surface area contributed by atoms with E-state index >= 15 is 0 Å². The number of nitrogens with zero attached hydrogens (tertiary/aromatic N) is 1. The van der Waals surface area contributed by atoms with Crippen molar-refractivity contribution in [1.82, 2.24) is 0 Å². The topological polar surface area (TPSA) is 3.24 Å². The van der Waals surface area contributed by atoms with Crippen LogP contribution in [0.25, 0.3) is 97.0 Å². The van der Waals surface area contributed by atoms with Crippen LogP contribution >= 0.6 is 11.3 Å². The Morgan fingerprint density at radius 2 is 0.823 bits per heavy atom. The van der Waals surface area contributed by atoms with Crippen molar-refractivity contribution in [2.75, 3.05) is 4.90 Å². The summed E-state index contributed by atoms with van der Waals surface area (Å²) in [4.78, 5) is 2.50. The molecule has 0 bridgehead atoms. The first kappa shape index (κ1) is 36.1. The quantitative estimate of drug-likeness (QED) is 0.145. The van der Waals surface area contributed by atoms with Crippen LogP contribution in [0.5, 0.6) is 0 Å². The number of rotatable bonds is 7. The molecule has 0 atom stereocenters. The lowest BCUT2D eigenvalue weighted by atomic mass is 9.84. The second-order valence-electron chi connectivity index (χ2n) is 16.0. The highest BCUT2D eigenvalue weighted by atomic mass is 32.1. The minimum absolute atomic E-state index is 1.11. The zero-order valence-corrected chi connectivity index (χ0v) is 34.7. The molecule has 1 nitrogen and oxygen atoms in total. The van der Waals surface area contributed by atoms with E-state index in [0.717, 1.165) is 28.2 Å². The molecule has 0 fully saturated rings. The number of benzene rings is 11. The van der Waals surface area contributed by atoms with Crippen molar-refractivity contribution in [3.05, 3.63) is 237 Å². The van der Waals surface area contributed by atoms with Crippen LogP contribution in [0.4, 0.5) is 17.1 Å². The van der Waals surface area contributed by atoms with E-state index in [1.54, 1.807) is 0 Å². The molecule has 12 aromatic rings. The van der Waals surface area contributed by atoms with Gasteiger partial charge in [-0.25, -0.2) is 0 Å². The van der Waals surface area contributed by atoms with Crippen LogP contribution in [0.1, 0.15) is 0 Å². The highest BCUT2D eigenvalue weighted by Gasteiger charge is 2.23. The van der Waals surface area contributed by atoms with Crippen LogP contribution in [-0.4, -0.2) is 0 Å². The third-order valence-electron chi connectivity index (χ3n) is 12.4. The molecule has 1 aromatic heterocycles. The Kier molecular flexibility index (Phi) is 8.76. The summed E-state index contributed by atoms with van der Waals surface area (Å²) in [7, 11) is 0. The summed E-state index contributed by atoms with van der Waals surface area (Å²) in [6.45, 7) is 0.